The van der Waals surface area contributed by atoms with Crippen LogP contribution in [0.25, 0.3) is 0 Å². The molecule has 2 rings (SSSR count). The zero-order chi connectivity index (χ0) is 16.3. The number of hydrazine groups is 1. The molecule has 0 fully saturated rings. The summed E-state index contributed by atoms with van der Waals surface area (Å²) in [5.41, 5.74) is 4.99. The van der Waals surface area contributed by atoms with Crippen LogP contribution in [0, 0.1) is 0 Å². The Morgan fingerprint density at radius 1 is 1.18 bits per heavy atom. The zero-order valence-corrected chi connectivity index (χ0v) is 14.1. The Hall–Kier alpha value is -2.13. The fraction of sp³-hybridized carbons (Fsp3) is 0.154. The summed E-state index contributed by atoms with van der Waals surface area (Å²) in [4.78, 5) is 35.8. The molecule has 7 nitrogen and oxygen atoms in total. The van der Waals surface area contributed by atoms with Gasteiger partial charge in [-0.15, -0.1) is 11.3 Å². The molecule has 116 valence electrons. The Morgan fingerprint density at radius 3 is 2.41 bits per heavy atom. The van der Waals surface area contributed by atoms with Gasteiger partial charge in [0.05, 0.1) is 12.0 Å². The van der Waals surface area contributed by atoms with Crippen molar-refractivity contribution in [1.82, 2.24) is 15.4 Å². The van der Waals surface area contributed by atoms with Gasteiger partial charge in [-0.25, -0.2) is 4.79 Å². The molecule has 0 bridgehead atoms. The monoisotopic (exact) mass is 385 g/mol. The first-order valence-electron chi connectivity index (χ1n) is 6.03. The summed E-state index contributed by atoms with van der Waals surface area (Å²) in [5.74, 6) is -1.48. The second-order valence-electron chi connectivity index (χ2n) is 4.22. The number of amides is 2. The van der Waals surface area contributed by atoms with Crippen LogP contribution in [-0.4, -0.2) is 29.5 Å². The van der Waals surface area contributed by atoms with Gasteiger partial charge in [0, 0.05) is 17.7 Å². The molecule has 0 unspecified atom stereocenters. The van der Waals surface area contributed by atoms with E-state index in [9.17, 15) is 14.4 Å². The standard InChI is InChI=1S/C13H12BrN3O4S/c1-17-6-7(14)5-8(17)11(18)15-16-12(19)9-3-4-10(22-9)13(20)21-2/h3-6H,1-2H3,(H,15,18)(H,16,19). The Labute approximate surface area is 138 Å². The van der Waals surface area contributed by atoms with Gasteiger partial charge >= 0.3 is 5.97 Å². The average Bonchev–Trinajstić information content (AvgIpc) is 3.10. The van der Waals surface area contributed by atoms with Crippen molar-refractivity contribution in [3.05, 3.63) is 44.3 Å². The Morgan fingerprint density at radius 2 is 1.82 bits per heavy atom. The van der Waals surface area contributed by atoms with Crippen molar-refractivity contribution in [2.75, 3.05) is 7.11 Å². The molecular weight excluding hydrogens is 374 g/mol. The van der Waals surface area contributed by atoms with Crippen LogP contribution in [0.4, 0.5) is 0 Å². The minimum absolute atomic E-state index is 0.286. The third-order valence-electron chi connectivity index (χ3n) is 2.71. The number of methoxy groups -OCH3 is 1. The number of carbonyl (C=O) groups excluding carboxylic acids is 3. The van der Waals surface area contributed by atoms with Crippen LogP contribution in [0.1, 0.15) is 29.8 Å². The molecule has 22 heavy (non-hydrogen) atoms. The maximum absolute atomic E-state index is 11.9. The number of halogens is 1. The number of nitrogens with zero attached hydrogens (tertiary/aromatic N) is 1. The number of ether oxygens (including phenoxy) is 1. The Bertz CT molecular complexity index is 737. The van der Waals surface area contributed by atoms with Gasteiger partial charge in [-0.05, 0) is 34.1 Å². The maximum Gasteiger partial charge on any atom is 0.348 e. The van der Waals surface area contributed by atoms with Crippen molar-refractivity contribution in [2.45, 2.75) is 0 Å². The van der Waals surface area contributed by atoms with Gasteiger partial charge in [0.1, 0.15) is 10.6 Å². The van der Waals surface area contributed by atoms with Crippen molar-refractivity contribution in [1.29, 1.82) is 0 Å². The number of hydrogen-bond acceptors (Lipinski definition) is 5. The van der Waals surface area contributed by atoms with Crippen LogP contribution < -0.4 is 10.9 Å². The molecule has 0 saturated carbocycles. The van der Waals surface area contributed by atoms with Gasteiger partial charge in [0.15, 0.2) is 0 Å². The van der Waals surface area contributed by atoms with Crippen LogP contribution in [0.5, 0.6) is 0 Å². The van der Waals surface area contributed by atoms with Crippen LogP contribution in [0.2, 0.25) is 0 Å². The van der Waals surface area contributed by atoms with Gasteiger partial charge in [-0.1, -0.05) is 0 Å². The molecule has 0 aliphatic rings. The fourth-order valence-electron chi connectivity index (χ4n) is 1.66. The Balaban J connectivity index is 1.98. The van der Waals surface area contributed by atoms with Crippen molar-refractivity contribution >= 4 is 45.1 Å². The van der Waals surface area contributed by atoms with Crippen LogP contribution in [0.3, 0.4) is 0 Å². The minimum atomic E-state index is -0.512. The molecule has 0 radical (unpaired) electrons. The van der Waals surface area contributed by atoms with Crippen LogP contribution >= 0.6 is 27.3 Å². The highest BCUT2D eigenvalue weighted by Gasteiger charge is 2.16. The van der Waals surface area contributed by atoms with Crippen molar-refractivity contribution < 1.29 is 19.1 Å². The van der Waals surface area contributed by atoms with E-state index in [2.05, 4.69) is 31.5 Å². The highest BCUT2D eigenvalue weighted by molar-refractivity contribution is 9.10. The van der Waals surface area contributed by atoms with Gasteiger partial charge in [-0.2, -0.15) is 0 Å². The molecule has 2 N–H and O–H groups in total. The minimum Gasteiger partial charge on any atom is -0.465 e. The van der Waals surface area contributed by atoms with E-state index in [4.69, 9.17) is 0 Å². The molecule has 0 aliphatic carbocycles. The third-order valence-corrected chi connectivity index (χ3v) is 4.21. The lowest BCUT2D eigenvalue weighted by molar-refractivity contribution is 0.0606. The highest BCUT2D eigenvalue weighted by atomic mass is 79.9. The number of aromatic nitrogens is 1. The average molecular weight is 386 g/mol. The molecule has 0 aromatic carbocycles. The number of thiophene rings is 1. The SMILES string of the molecule is COC(=O)c1ccc(C(=O)NNC(=O)c2cc(Br)cn2C)s1. The highest BCUT2D eigenvalue weighted by Crippen LogP contribution is 2.17. The zero-order valence-electron chi connectivity index (χ0n) is 11.7. The van der Waals surface area contributed by atoms with E-state index in [1.165, 1.54) is 19.2 Å². The maximum atomic E-state index is 11.9. The molecule has 2 amide bonds. The number of aryl methyl sites for hydroxylation is 1. The molecule has 2 aromatic heterocycles. The smallest absolute Gasteiger partial charge is 0.348 e. The number of nitrogens with one attached hydrogen (secondary N) is 2. The summed E-state index contributed by atoms with van der Waals surface area (Å²) in [5, 5.41) is 0. The van der Waals surface area contributed by atoms with Gasteiger partial charge in [0.25, 0.3) is 11.8 Å². The molecule has 0 spiro atoms. The molecule has 0 atom stereocenters. The van der Waals surface area contributed by atoms with E-state index in [1.807, 2.05) is 0 Å². The summed E-state index contributed by atoms with van der Waals surface area (Å²) in [6, 6.07) is 4.60. The number of carbonyl (C=O) groups is 3. The number of rotatable bonds is 3. The lowest BCUT2D eigenvalue weighted by Crippen LogP contribution is -2.41. The number of hydrogen-bond donors (Lipinski definition) is 2. The first-order valence-corrected chi connectivity index (χ1v) is 7.64. The fourth-order valence-corrected chi connectivity index (χ4v) is 3.00. The topological polar surface area (TPSA) is 89.4 Å². The van der Waals surface area contributed by atoms with E-state index < -0.39 is 17.8 Å². The number of esters is 1. The largest absolute Gasteiger partial charge is 0.465 e. The molecular formula is C13H12BrN3O4S. The summed E-state index contributed by atoms with van der Waals surface area (Å²) >= 11 is 4.24. The molecule has 2 heterocycles. The first-order chi connectivity index (χ1) is 10.4. The quantitative estimate of drug-likeness (QED) is 0.621. The third kappa shape index (κ3) is 3.55. The van der Waals surface area contributed by atoms with E-state index in [0.29, 0.717) is 10.6 Å². The molecule has 0 aliphatic heterocycles. The second kappa shape index (κ2) is 6.75. The molecule has 2 aromatic rings. The van der Waals surface area contributed by atoms with Crippen molar-refractivity contribution in [2.24, 2.45) is 7.05 Å². The predicted octanol–water partition coefficient (Wildman–Crippen LogP) is 1.71. The van der Waals surface area contributed by atoms with Gasteiger partial charge < -0.3 is 9.30 Å². The van der Waals surface area contributed by atoms with Crippen molar-refractivity contribution in [3.8, 4) is 0 Å². The normalized spacial score (nSPS) is 10.1. The van der Waals surface area contributed by atoms with E-state index >= 15 is 0 Å². The van der Waals surface area contributed by atoms with E-state index in [-0.39, 0.29) is 4.88 Å². The van der Waals surface area contributed by atoms with E-state index in [0.717, 1.165) is 15.8 Å². The second-order valence-corrected chi connectivity index (χ2v) is 6.22. The summed E-state index contributed by atoms with van der Waals surface area (Å²) in [6.07, 6.45) is 1.72. The van der Waals surface area contributed by atoms with Gasteiger partial charge in [-0.3, -0.25) is 20.4 Å². The van der Waals surface area contributed by atoms with Gasteiger partial charge in [0.2, 0.25) is 0 Å². The first kappa shape index (κ1) is 16.2. The predicted molar refractivity (Wildman–Crippen MR) is 83.7 cm³/mol. The lowest BCUT2D eigenvalue weighted by atomic mass is 10.4. The van der Waals surface area contributed by atoms with E-state index in [1.54, 1.807) is 23.9 Å². The van der Waals surface area contributed by atoms with Crippen LogP contribution in [0.15, 0.2) is 28.9 Å². The summed E-state index contributed by atoms with van der Waals surface area (Å²) < 4.78 is 6.94. The van der Waals surface area contributed by atoms with Crippen molar-refractivity contribution in [3.63, 3.8) is 0 Å². The molecule has 9 heteroatoms. The Kier molecular flexibility index (Phi) is 4.99. The molecule has 0 saturated heterocycles. The summed E-state index contributed by atoms with van der Waals surface area (Å²) in [6.45, 7) is 0. The van der Waals surface area contributed by atoms with Crippen LogP contribution in [-0.2, 0) is 11.8 Å². The summed E-state index contributed by atoms with van der Waals surface area (Å²) in [7, 11) is 2.98. The lowest BCUT2D eigenvalue weighted by Gasteiger charge is -2.06.